The Kier molecular flexibility index (Phi) is 4.37. The first-order valence-electron chi connectivity index (χ1n) is 6.79. The van der Waals surface area contributed by atoms with E-state index in [1.165, 1.54) is 24.7 Å². The van der Waals surface area contributed by atoms with Crippen molar-refractivity contribution in [3.8, 4) is 0 Å². The molecule has 0 spiro atoms. The summed E-state index contributed by atoms with van der Waals surface area (Å²) in [5, 5.41) is 0. The van der Waals surface area contributed by atoms with Gasteiger partial charge in [-0.3, -0.25) is 0 Å². The van der Waals surface area contributed by atoms with E-state index in [0.717, 1.165) is 0 Å². The molecule has 8 heteroatoms. The van der Waals surface area contributed by atoms with Crippen LogP contribution >= 0.6 is 23.2 Å². The molecule has 0 saturated heterocycles. The molecule has 1 fully saturated rings. The second-order valence-electron chi connectivity index (χ2n) is 5.04. The topological polar surface area (TPSA) is 78.9 Å². The Hall–Kier alpha value is -1.92. The number of carbonyl (C=O) groups is 2. The van der Waals surface area contributed by atoms with Gasteiger partial charge < -0.3 is 18.3 Å². The highest BCUT2D eigenvalue weighted by molar-refractivity contribution is 6.51. The van der Waals surface area contributed by atoms with Gasteiger partial charge in [-0.05, 0) is 24.3 Å². The molecule has 23 heavy (non-hydrogen) atoms. The molecule has 2 aromatic rings. The lowest BCUT2D eigenvalue weighted by atomic mass is 10.3. The van der Waals surface area contributed by atoms with E-state index < -0.39 is 16.3 Å². The van der Waals surface area contributed by atoms with Gasteiger partial charge in [-0.1, -0.05) is 0 Å². The summed E-state index contributed by atoms with van der Waals surface area (Å²) in [6.45, 7) is 0.0189. The van der Waals surface area contributed by atoms with Crippen LogP contribution in [0.15, 0.2) is 45.6 Å². The highest BCUT2D eigenvalue weighted by Crippen LogP contribution is 2.59. The summed E-state index contributed by atoms with van der Waals surface area (Å²) in [7, 11) is 0. The molecular weight excluding hydrogens is 347 g/mol. The molecule has 0 unspecified atom stereocenters. The third kappa shape index (κ3) is 3.38. The molecule has 0 bridgehead atoms. The van der Waals surface area contributed by atoms with E-state index in [0.29, 0.717) is 0 Å². The van der Waals surface area contributed by atoms with Crippen molar-refractivity contribution in [3.63, 3.8) is 0 Å². The quantitative estimate of drug-likeness (QED) is 0.582. The van der Waals surface area contributed by atoms with Gasteiger partial charge >= 0.3 is 11.9 Å². The van der Waals surface area contributed by atoms with E-state index in [4.69, 9.17) is 41.5 Å². The largest absolute Gasteiger partial charge is 0.459 e. The van der Waals surface area contributed by atoms with Gasteiger partial charge in [-0.15, -0.1) is 23.2 Å². The van der Waals surface area contributed by atoms with Crippen LogP contribution in [0.5, 0.6) is 0 Å². The Morgan fingerprint density at radius 1 is 0.957 bits per heavy atom. The molecule has 1 aliphatic carbocycles. The Bertz CT molecular complexity index is 619. The number of alkyl halides is 2. The highest BCUT2D eigenvalue weighted by Gasteiger charge is 2.64. The fourth-order valence-electron chi connectivity index (χ4n) is 2.18. The summed E-state index contributed by atoms with van der Waals surface area (Å²) in [6, 6.07) is 6.15. The number of ether oxygens (including phenoxy) is 2. The van der Waals surface area contributed by atoms with Gasteiger partial charge in [0.1, 0.15) is 4.33 Å². The lowest BCUT2D eigenvalue weighted by molar-refractivity contribution is 0.0384. The normalized spacial score (nSPS) is 21.7. The fourth-order valence-corrected chi connectivity index (χ4v) is 2.91. The Morgan fingerprint density at radius 2 is 1.39 bits per heavy atom. The van der Waals surface area contributed by atoms with Crippen LogP contribution in [0.3, 0.4) is 0 Å². The van der Waals surface area contributed by atoms with Crippen molar-refractivity contribution in [1.82, 2.24) is 0 Å². The summed E-state index contributed by atoms with van der Waals surface area (Å²) in [5.74, 6) is -1.65. The first-order chi connectivity index (χ1) is 11.0. The first kappa shape index (κ1) is 16.0. The van der Waals surface area contributed by atoms with Gasteiger partial charge in [0.05, 0.1) is 25.7 Å². The molecular formula is C15H12Cl2O6. The summed E-state index contributed by atoms with van der Waals surface area (Å²) >= 11 is 12.3. The number of hydrogen-bond donors (Lipinski definition) is 0. The van der Waals surface area contributed by atoms with E-state index in [-0.39, 0.29) is 36.6 Å². The van der Waals surface area contributed by atoms with Crippen molar-refractivity contribution < 1.29 is 27.9 Å². The van der Waals surface area contributed by atoms with Crippen molar-refractivity contribution in [3.05, 3.63) is 48.3 Å². The minimum atomic E-state index is -1.10. The molecule has 3 rings (SSSR count). The van der Waals surface area contributed by atoms with Gasteiger partial charge in [0.15, 0.2) is 0 Å². The lowest BCUT2D eigenvalue weighted by Gasteiger charge is -2.03. The molecule has 6 nitrogen and oxygen atoms in total. The van der Waals surface area contributed by atoms with E-state index in [1.54, 1.807) is 12.1 Å². The van der Waals surface area contributed by atoms with Gasteiger partial charge in [0, 0.05) is 11.8 Å². The molecule has 2 atom stereocenters. The van der Waals surface area contributed by atoms with E-state index in [9.17, 15) is 9.59 Å². The van der Waals surface area contributed by atoms with Crippen molar-refractivity contribution in [2.45, 2.75) is 4.33 Å². The van der Waals surface area contributed by atoms with Crippen LogP contribution in [0, 0.1) is 11.8 Å². The predicted molar refractivity (Wildman–Crippen MR) is 79.4 cm³/mol. The molecule has 2 heterocycles. The molecule has 0 N–H and O–H groups in total. The van der Waals surface area contributed by atoms with Crippen molar-refractivity contribution in [1.29, 1.82) is 0 Å². The van der Waals surface area contributed by atoms with Crippen LogP contribution in [-0.2, 0) is 9.47 Å². The number of carbonyl (C=O) groups excluding carboxylic acids is 2. The van der Waals surface area contributed by atoms with Gasteiger partial charge in [-0.2, -0.15) is 0 Å². The maximum atomic E-state index is 11.7. The van der Waals surface area contributed by atoms with Crippen LogP contribution in [0.2, 0.25) is 0 Å². The molecule has 1 aliphatic rings. The summed E-state index contributed by atoms with van der Waals surface area (Å²) in [4.78, 5) is 23.4. The average Bonchev–Trinajstić information content (AvgIpc) is 3.05. The van der Waals surface area contributed by atoms with Gasteiger partial charge in [-0.25, -0.2) is 9.59 Å². The van der Waals surface area contributed by atoms with Crippen LogP contribution < -0.4 is 0 Å². The number of halogens is 2. The van der Waals surface area contributed by atoms with Crippen LogP contribution in [0.25, 0.3) is 0 Å². The maximum absolute atomic E-state index is 11.7. The maximum Gasteiger partial charge on any atom is 0.374 e. The van der Waals surface area contributed by atoms with Crippen LogP contribution in [0.4, 0.5) is 0 Å². The third-order valence-corrected chi connectivity index (χ3v) is 4.72. The zero-order valence-corrected chi connectivity index (χ0v) is 13.3. The summed E-state index contributed by atoms with van der Waals surface area (Å²) in [6.07, 6.45) is 2.75. The molecule has 2 aromatic heterocycles. The Morgan fingerprint density at radius 3 is 1.74 bits per heavy atom. The number of hydrogen-bond acceptors (Lipinski definition) is 6. The number of furan rings is 2. The molecule has 0 aromatic carbocycles. The fraction of sp³-hybridized carbons (Fsp3) is 0.333. The zero-order valence-electron chi connectivity index (χ0n) is 11.7. The minimum absolute atomic E-state index is 0.00943. The minimum Gasteiger partial charge on any atom is -0.459 e. The smallest absolute Gasteiger partial charge is 0.374 e. The van der Waals surface area contributed by atoms with E-state index >= 15 is 0 Å². The Balaban J connectivity index is 1.47. The van der Waals surface area contributed by atoms with Gasteiger partial charge in [0.25, 0.3) is 0 Å². The lowest BCUT2D eigenvalue weighted by Crippen LogP contribution is -2.10. The average molecular weight is 359 g/mol. The summed E-state index contributed by atoms with van der Waals surface area (Å²) in [5.41, 5.74) is 0. The van der Waals surface area contributed by atoms with Crippen LogP contribution in [-0.4, -0.2) is 29.5 Å². The van der Waals surface area contributed by atoms with Crippen molar-refractivity contribution >= 4 is 35.1 Å². The number of rotatable bonds is 6. The highest BCUT2D eigenvalue weighted by atomic mass is 35.5. The van der Waals surface area contributed by atoms with E-state index in [2.05, 4.69) is 0 Å². The molecule has 0 radical (unpaired) electrons. The second-order valence-corrected chi connectivity index (χ2v) is 6.48. The van der Waals surface area contributed by atoms with Crippen molar-refractivity contribution in [2.24, 2.45) is 11.8 Å². The second kappa shape index (κ2) is 6.29. The Labute approximate surface area is 141 Å². The molecule has 122 valence electrons. The van der Waals surface area contributed by atoms with E-state index in [1.807, 2.05) is 0 Å². The van der Waals surface area contributed by atoms with Crippen LogP contribution in [0.1, 0.15) is 21.1 Å². The third-order valence-electron chi connectivity index (χ3n) is 3.60. The number of esters is 2. The van der Waals surface area contributed by atoms with Gasteiger partial charge in [0.2, 0.25) is 11.5 Å². The molecule has 1 saturated carbocycles. The summed E-state index contributed by atoms with van der Waals surface area (Å²) < 4.78 is 18.9. The first-order valence-corrected chi connectivity index (χ1v) is 7.55. The standard InChI is InChI=1S/C15H12Cl2O6/c16-15(17)9(7-22-13(18)11-3-1-5-20-11)10(15)8-23-14(19)12-4-2-6-21-12/h1-6,9-10H,7-8H2/t9-,10-/m1/s1. The molecule has 0 amide bonds. The SMILES string of the molecule is O=C(OC[C@@H]1[C@@H](COC(=O)c2ccco2)C1(Cl)Cl)c1ccco1. The van der Waals surface area contributed by atoms with Crippen molar-refractivity contribution in [2.75, 3.05) is 13.2 Å². The molecule has 0 aliphatic heterocycles. The zero-order chi connectivity index (χ0) is 16.4. The predicted octanol–water partition coefficient (Wildman–Crippen LogP) is 3.31. The monoisotopic (exact) mass is 358 g/mol.